The van der Waals surface area contributed by atoms with E-state index in [2.05, 4.69) is 26.0 Å². The molecule has 0 saturated heterocycles. The zero-order valence-corrected chi connectivity index (χ0v) is 19.2. The summed E-state index contributed by atoms with van der Waals surface area (Å²) in [6.07, 6.45) is 4.78. The predicted octanol–water partition coefficient (Wildman–Crippen LogP) is 4.98. The minimum Gasteiger partial charge on any atom is -0.497 e. The van der Waals surface area contributed by atoms with Gasteiger partial charge in [0.2, 0.25) is 0 Å². The summed E-state index contributed by atoms with van der Waals surface area (Å²) in [7, 11) is 1.64. The molecule has 5 heteroatoms. The Labute approximate surface area is 191 Å². The van der Waals surface area contributed by atoms with Crippen molar-refractivity contribution in [2.24, 2.45) is 11.8 Å². The molecule has 0 fully saturated rings. The quantitative estimate of drug-likeness (QED) is 0.387. The second-order valence-electron chi connectivity index (χ2n) is 8.40. The second-order valence-corrected chi connectivity index (χ2v) is 8.40. The Bertz CT molecular complexity index is 833. The van der Waals surface area contributed by atoms with Gasteiger partial charge in [-0.05, 0) is 29.7 Å². The fourth-order valence-corrected chi connectivity index (χ4v) is 3.85. The number of methoxy groups -OCH3 is 1. The van der Waals surface area contributed by atoms with Crippen LogP contribution in [0.5, 0.6) is 5.75 Å². The van der Waals surface area contributed by atoms with Gasteiger partial charge in [-0.1, -0.05) is 68.5 Å². The number of carbonyl (C=O) groups excluding carboxylic acids is 1. The van der Waals surface area contributed by atoms with Gasteiger partial charge in [0, 0.05) is 11.8 Å². The lowest BCUT2D eigenvalue weighted by Crippen LogP contribution is -2.42. The van der Waals surface area contributed by atoms with Crippen LogP contribution in [0.3, 0.4) is 0 Å². The number of hydrogen-bond donors (Lipinski definition) is 0. The summed E-state index contributed by atoms with van der Waals surface area (Å²) >= 11 is 0. The zero-order chi connectivity index (χ0) is 22.8. The third kappa shape index (κ3) is 7.02. The van der Waals surface area contributed by atoms with Gasteiger partial charge in [-0.2, -0.15) is 0 Å². The lowest BCUT2D eigenvalue weighted by molar-refractivity contribution is -0.151. The first-order valence-electron chi connectivity index (χ1n) is 11.2. The van der Waals surface area contributed by atoms with Crippen molar-refractivity contribution in [3.05, 3.63) is 77.9 Å². The Balaban J connectivity index is 1.58. The minimum absolute atomic E-state index is 0.0639. The van der Waals surface area contributed by atoms with Crippen LogP contribution in [0.4, 0.5) is 0 Å². The molecule has 1 aliphatic heterocycles. The Morgan fingerprint density at radius 1 is 1.06 bits per heavy atom. The van der Waals surface area contributed by atoms with Crippen molar-refractivity contribution in [1.29, 1.82) is 0 Å². The fourth-order valence-electron chi connectivity index (χ4n) is 3.85. The maximum Gasteiger partial charge on any atom is 0.151 e. The molecule has 0 aromatic heterocycles. The van der Waals surface area contributed by atoms with Crippen LogP contribution in [0.15, 0.2) is 66.7 Å². The molecule has 2 aromatic carbocycles. The van der Waals surface area contributed by atoms with Gasteiger partial charge in [0.25, 0.3) is 0 Å². The average Bonchev–Trinajstić information content (AvgIpc) is 2.82. The SMILES string of the molecule is COc1ccc(CO[C@H]2[C@H](C=O)O[C@H]([C@H](C)COCc3ccccc3)C/C=C\[C@@H]2C)cc1. The number of ether oxygens (including phenoxy) is 4. The minimum atomic E-state index is -0.630. The third-order valence-corrected chi connectivity index (χ3v) is 5.84. The summed E-state index contributed by atoms with van der Waals surface area (Å²) in [5, 5.41) is 0. The maximum atomic E-state index is 12.0. The van der Waals surface area contributed by atoms with Crippen LogP contribution < -0.4 is 4.74 Å². The molecule has 2 aromatic rings. The van der Waals surface area contributed by atoms with E-state index in [0.29, 0.717) is 19.8 Å². The first-order chi connectivity index (χ1) is 15.6. The molecule has 1 heterocycles. The normalized spacial score (nSPS) is 25.3. The number of hydrogen-bond acceptors (Lipinski definition) is 5. The molecule has 5 atom stereocenters. The van der Waals surface area contributed by atoms with E-state index in [1.165, 1.54) is 0 Å². The summed E-state index contributed by atoms with van der Waals surface area (Å²) < 4.78 is 23.6. The molecule has 0 bridgehead atoms. The molecule has 172 valence electrons. The van der Waals surface area contributed by atoms with E-state index in [1.807, 2.05) is 54.6 Å². The van der Waals surface area contributed by atoms with Crippen molar-refractivity contribution in [2.45, 2.75) is 51.8 Å². The van der Waals surface area contributed by atoms with Gasteiger partial charge < -0.3 is 23.7 Å². The van der Waals surface area contributed by atoms with Gasteiger partial charge in [-0.15, -0.1) is 0 Å². The van der Waals surface area contributed by atoms with Crippen LogP contribution in [0.1, 0.15) is 31.4 Å². The van der Waals surface area contributed by atoms with Crippen molar-refractivity contribution in [3.63, 3.8) is 0 Å². The smallest absolute Gasteiger partial charge is 0.151 e. The van der Waals surface area contributed by atoms with Crippen LogP contribution in [0, 0.1) is 11.8 Å². The Hall–Kier alpha value is -2.47. The fraction of sp³-hybridized carbons (Fsp3) is 0.444. The predicted molar refractivity (Wildman–Crippen MR) is 124 cm³/mol. The van der Waals surface area contributed by atoms with E-state index in [4.69, 9.17) is 18.9 Å². The van der Waals surface area contributed by atoms with E-state index >= 15 is 0 Å². The largest absolute Gasteiger partial charge is 0.497 e. The highest BCUT2D eigenvalue weighted by Gasteiger charge is 2.32. The summed E-state index contributed by atoms with van der Waals surface area (Å²) in [4.78, 5) is 12.0. The van der Waals surface area contributed by atoms with Crippen molar-refractivity contribution in [1.82, 2.24) is 0 Å². The molecule has 0 unspecified atom stereocenters. The summed E-state index contributed by atoms with van der Waals surface area (Å²) in [6, 6.07) is 17.8. The van der Waals surface area contributed by atoms with E-state index in [1.54, 1.807) is 7.11 Å². The molecule has 1 aliphatic rings. The molecule has 32 heavy (non-hydrogen) atoms. The Kier molecular flexibility index (Phi) is 9.47. The van der Waals surface area contributed by atoms with Crippen LogP contribution in [0.25, 0.3) is 0 Å². The van der Waals surface area contributed by atoms with Gasteiger partial charge in [0.1, 0.15) is 11.9 Å². The molecule has 3 rings (SSSR count). The second kappa shape index (κ2) is 12.5. The molecule has 0 saturated carbocycles. The van der Waals surface area contributed by atoms with Crippen molar-refractivity contribution in [2.75, 3.05) is 13.7 Å². The lowest BCUT2D eigenvalue weighted by Gasteiger charge is -2.34. The molecule has 0 aliphatic carbocycles. The van der Waals surface area contributed by atoms with Crippen molar-refractivity contribution >= 4 is 6.29 Å². The summed E-state index contributed by atoms with van der Waals surface area (Å²) in [5.74, 6) is 1.01. The molecule has 0 spiro atoms. The van der Waals surface area contributed by atoms with Crippen LogP contribution >= 0.6 is 0 Å². The van der Waals surface area contributed by atoms with Crippen LogP contribution in [-0.2, 0) is 32.2 Å². The van der Waals surface area contributed by atoms with Gasteiger partial charge in [0.05, 0.1) is 39.1 Å². The number of aldehydes is 1. The topological polar surface area (TPSA) is 54.0 Å². The number of rotatable bonds is 10. The van der Waals surface area contributed by atoms with Gasteiger partial charge in [0.15, 0.2) is 6.29 Å². The van der Waals surface area contributed by atoms with Crippen molar-refractivity contribution < 1.29 is 23.7 Å². The highest BCUT2D eigenvalue weighted by Crippen LogP contribution is 2.25. The number of benzene rings is 2. The van der Waals surface area contributed by atoms with E-state index in [9.17, 15) is 4.79 Å². The van der Waals surface area contributed by atoms with E-state index in [-0.39, 0.29) is 24.0 Å². The maximum absolute atomic E-state index is 12.0. The highest BCUT2D eigenvalue weighted by atomic mass is 16.6. The lowest BCUT2D eigenvalue weighted by atomic mass is 9.94. The van der Waals surface area contributed by atoms with Crippen molar-refractivity contribution in [3.8, 4) is 5.75 Å². The third-order valence-electron chi connectivity index (χ3n) is 5.84. The Morgan fingerprint density at radius 3 is 2.47 bits per heavy atom. The van der Waals surface area contributed by atoms with Crippen LogP contribution in [0.2, 0.25) is 0 Å². The molecule has 0 radical (unpaired) electrons. The van der Waals surface area contributed by atoms with Crippen LogP contribution in [-0.4, -0.2) is 38.3 Å². The summed E-state index contributed by atoms with van der Waals surface area (Å²) in [6.45, 7) is 5.69. The zero-order valence-electron chi connectivity index (χ0n) is 19.2. The highest BCUT2D eigenvalue weighted by molar-refractivity contribution is 5.57. The first-order valence-corrected chi connectivity index (χ1v) is 11.2. The van der Waals surface area contributed by atoms with E-state index in [0.717, 1.165) is 29.6 Å². The first kappa shape index (κ1) is 24.2. The Morgan fingerprint density at radius 2 is 1.78 bits per heavy atom. The molecular formula is C27H34O5. The standard InChI is InChI=1S/C27H34O5/c1-20-8-7-11-25(21(2)17-30-18-22-9-5-4-6-10-22)32-26(16-28)27(20)31-19-23-12-14-24(29-3)15-13-23/h4-10,12-16,20-21,25-27H,11,17-19H2,1-3H3/b8-7-/t20-,21+,25-,26-,27+/m0/s1. The molecule has 5 nitrogen and oxygen atoms in total. The van der Waals surface area contributed by atoms with Gasteiger partial charge >= 0.3 is 0 Å². The molecule has 0 N–H and O–H groups in total. The van der Waals surface area contributed by atoms with E-state index < -0.39 is 6.10 Å². The molecule has 0 amide bonds. The van der Waals surface area contributed by atoms with Gasteiger partial charge in [-0.25, -0.2) is 0 Å². The monoisotopic (exact) mass is 438 g/mol. The number of carbonyl (C=O) groups is 1. The van der Waals surface area contributed by atoms with Gasteiger partial charge in [-0.3, -0.25) is 0 Å². The molecular weight excluding hydrogens is 404 g/mol. The summed E-state index contributed by atoms with van der Waals surface area (Å²) in [5.41, 5.74) is 2.16. The average molecular weight is 439 g/mol.